The van der Waals surface area contributed by atoms with Gasteiger partial charge in [0.25, 0.3) is 0 Å². The number of hydrogen-bond donors (Lipinski definition) is 1. The number of nitrogens with zero attached hydrogens (tertiary/aromatic N) is 2. The van der Waals surface area contributed by atoms with E-state index in [2.05, 4.69) is 47.5 Å². The lowest BCUT2D eigenvalue weighted by Crippen LogP contribution is -2.40. The smallest absolute Gasteiger partial charge is 0.193 e. The molecule has 1 N–H and O–H groups in total. The standard InChI is InChI=1S/C22H33N3O2/c1-2-23-22(24-12-8-19-10-14-26-15-11-19)25-13-9-21(16-25)18-27-17-20-6-4-3-5-7-20/h3-7,10,21H,2,8-9,11-18H2,1H3,(H,23,24). The molecule has 27 heavy (non-hydrogen) atoms. The van der Waals surface area contributed by atoms with Crippen LogP contribution in [0.5, 0.6) is 0 Å². The van der Waals surface area contributed by atoms with Gasteiger partial charge in [0, 0.05) is 32.1 Å². The summed E-state index contributed by atoms with van der Waals surface area (Å²) in [4.78, 5) is 7.25. The largest absolute Gasteiger partial charge is 0.377 e. The molecule has 0 saturated carbocycles. The van der Waals surface area contributed by atoms with E-state index >= 15 is 0 Å². The molecule has 2 aliphatic heterocycles. The van der Waals surface area contributed by atoms with Gasteiger partial charge >= 0.3 is 0 Å². The van der Waals surface area contributed by atoms with Crippen molar-refractivity contribution < 1.29 is 9.47 Å². The molecule has 3 rings (SSSR count). The van der Waals surface area contributed by atoms with Crippen LogP contribution < -0.4 is 5.32 Å². The molecule has 1 aromatic carbocycles. The van der Waals surface area contributed by atoms with Crippen molar-refractivity contribution in [1.82, 2.24) is 10.2 Å². The summed E-state index contributed by atoms with van der Waals surface area (Å²) in [6.45, 7) is 9.09. The minimum atomic E-state index is 0.579. The summed E-state index contributed by atoms with van der Waals surface area (Å²) in [5, 5.41) is 3.46. The van der Waals surface area contributed by atoms with Crippen molar-refractivity contribution in [2.24, 2.45) is 10.9 Å². The van der Waals surface area contributed by atoms with E-state index in [1.807, 2.05) is 6.07 Å². The van der Waals surface area contributed by atoms with Gasteiger partial charge in [-0.3, -0.25) is 4.99 Å². The van der Waals surface area contributed by atoms with Gasteiger partial charge in [-0.25, -0.2) is 0 Å². The Morgan fingerprint density at radius 2 is 2.22 bits per heavy atom. The van der Waals surface area contributed by atoms with E-state index in [0.29, 0.717) is 12.5 Å². The predicted octanol–water partition coefficient (Wildman–Crippen LogP) is 3.23. The second-order valence-electron chi connectivity index (χ2n) is 7.27. The molecule has 5 heteroatoms. The van der Waals surface area contributed by atoms with E-state index in [1.165, 1.54) is 17.6 Å². The summed E-state index contributed by atoms with van der Waals surface area (Å²) in [5.74, 6) is 1.63. The highest BCUT2D eigenvalue weighted by atomic mass is 16.5. The number of likely N-dealkylation sites (tertiary alicyclic amines) is 1. The highest BCUT2D eigenvalue weighted by Crippen LogP contribution is 2.18. The van der Waals surface area contributed by atoms with Gasteiger partial charge in [0.1, 0.15) is 0 Å². The van der Waals surface area contributed by atoms with Crippen molar-refractivity contribution >= 4 is 5.96 Å². The van der Waals surface area contributed by atoms with Crippen LogP contribution in [0.1, 0.15) is 31.7 Å². The molecule has 0 amide bonds. The highest BCUT2D eigenvalue weighted by molar-refractivity contribution is 5.80. The summed E-state index contributed by atoms with van der Waals surface area (Å²) in [7, 11) is 0. The zero-order chi connectivity index (χ0) is 18.7. The molecule has 0 aromatic heterocycles. The van der Waals surface area contributed by atoms with Crippen molar-refractivity contribution in [3.05, 3.63) is 47.5 Å². The number of hydrogen-bond acceptors (Lipinski definition) is 3. The maximum atomic E-state index is 5.95. The number of benzene rings is 1. The van der Waals surface area contributed by atoms with Crippen LogP contribution in [0.25, 0.3) is 0 Å². The average molecular weight is 372 g/mol. The maximum Gasteiger partial charge on any atom is 0.193 e. The van der Waals surface area contributed by atoms with E-state index in [-0.39, 0.29) is 0 Å². The molecule has 0 aliphatic carbocycles. The topological polar surface area (TPSA) is 46.1 Å². The average Bonchev–Trinajstić information content (AvgIpc) is 3.18. The van der Waals surface area contributed by atoms with Crippen LogP contribution in [-0.2, 0) is 16.1 Å². The molecule has 0 spiro atoms. The molecule has 0 radical (unpaired) electrons. The summed E-state index contributed by atoms with van der Waals surface area (Å²) in [6, 6.07) is 10.4. The van der Waals surface area contributed by atoms with Crippen LogP contribution in [0.3, 0.4) is 0 Å². The fourth-order valence-corrected chi connectivity index (χ4v) is 3.60. The van der Waals surface area contributed by atoms with Gasteiger partial charge in [0.15, 0.2) is 5.96 Å². The number of rotatable bonds is 8. The normalized spacial score (nSPS) is 20.6. The van der Waals surface area contributed by atoms with E-state index in [0.717, 1.165) is 64.8 Å². The molecule has 2 aliphatic rings. The molecule has 2 heterocycles. The number of guanidine groups is 1. The second-order valence-corrected chi connectivity index (χ2v) is 7.27. The molecular formula is C22H33N3O2. The first-order valence-electron chi connectivity index (χ1n) is 10.3. The molecule has 1 fully saturated rings. The third-order valence-corrected chi connectivity index (χ3v) is 5.14. The Bertz CT molecular complexity index is 615. The lowest BCUT2D eigenvalue weighted by atomic mass is 10.1. The first-order valence-corrected chi connectivity index (χ1v) is 10.3. The van der Waals surface area contributed by atoms with E-state index in [4.69, 9.17) is 14.5 Å². The Balaban J connectivity index is 1.42. The van der Waals surface area contributed by atoms with Gasteiger partial charge in [-0.15, -0.1) is 0 Å². The van der Waals surface area contributed by atoms with Gasteiger partial charge in [-0.05, 0) is 31.7 Å². The summed E-state index contributed by atoms with van der Waals surface area (Å²) in [5.41, 5.74) is 2.72. The Kier molecular flexibility index (Phi) is 8.18. The Hall–Kier alpha value is -1.85. The van der Waals surface area contributed by atoms with Crippen molar-refractivity contribution in [3.63, 3.8) is 0 Å². The third kappa shape index (κ3) is 6.67. The molecule has 1 aromatic rings. The van der Waals surface area contributed by atoms with Gasteiger partial charge in [0.2, 0.25) is 0 Å². The third-order valence-electron chi connectivity index (χ3n) is 5.14. The van der Waals surface area contributed by atoms with E-state index < -0.39 is 0 Å². The van der Waals surface area contributed by atoms with Crippen LogP contribution >= 0.6 is 0 Å². The molecule has 0 bridgehead atoms. The van der Waals surface area contributed by atoms with Crippen molar-refractivity contribution in [2.45, 2.75) is 32.8 Å². The summed E-state index contributed by atoms with van der Waals surface area (Å²) < 4.78 is 11.3. The number of aliphatic imine (C=N–C) groups is 1. The minimum absolute atomic E-state index is 0.579. The van der Waals surface area contributed by atoms with Crippen molar-refractivity contribution in [3.8, 4) is 0 Å². The van der Waals surface area contributed by atoms with Gasteiger partial charge in [-0.1, -0.05) is 42.0 Å². The monoisotopic (exact) mass is 371 g/mol. The Morgan fingerprint density at radius 1 is 1.33 bits per heavy atom. The van der Waals surface area contributed by atoms with Crippen LogP contribution in [-0.4, -0.2) is 56.9 Å². The molecular weight excluding hydrogens is 338 g/mol. The van der Waals surface area contributed by atoms with Crippen molar-refractivity contribution in [2.75, 3.05) is 46.0 Å². The molecule has 148 valence electrons. The molecule has 1 atom stereocenters. The van der Waals surface area contributed by atoms with E-state index in [9.17, 15) is 0 Å². The molecule has 1 saturated heterocycles. The quantitative estimate of drug-likeness (QED) is 0.433. The zero-order valence-corrected chi connectivity index (χ0v) is 16.5. The minimum Gasteiger partial charge on any atom is -0.377 e. The lowest BCUT2D eigenvalue weighted by Gasteiger charge is -2.22. The molecule has 1 unspecified atom stereocenters. The van der Waals surface area contributed by atoms with Crippen LogP contribution in [0.2, 0.25) is 0 Å². The Labute approximate surface area is 163 Å². The van der Waals surface area contributed by atoms with Gasteiger partial charge in [-0.2, -0.15) is 0 Å². The predicted molar refractivity (Wildman–Crippen MR) is 110 cm³/mol. The first kappa shape index (κ1) is 19.9. The SMILES string of the molecule is CCNC(=NCCC1=CCOCC1)N1CCC(COCc2ccccc2)C1. The number of ether oxygens (including phenoxy) is 2. The summed E-state index contributed by atoms with van der Waals surface area (Å²) in [6.07, 6.45) is 5.47. The fourth-order valence-electron chi connectivity index (χ4n) is 3.60. The zero-order valence-electron chi connectivity index (χ0n) is 16.5. The lowest BCUT2D eigenvalue weighted by molar-refractivity contribution is 0.0907. The van der Waals surface area contributed by atoms with Gasteiger partial charge in [0.05, 0.1) is 26.4 Å². The Morgan fingerprint density at radius 3 is 3.00 bits per heavy atom. The first-order chi connectivity index (χ1) is 13.3. The fraction of sp³-hybridized carbons (Fsp3) is 0.591. The maximum absolute atomic E-state index is 5.95. The van der Waals surface area contributed by atoms with Gasteiger partial charge < -0.3 is 19.7 Å². The highest BCUT2D eigenvalue weighted by Gasteiger charge is 2.25. The number of nitrogens with one attached hydrogen (secondary N) is 1. The van der Waals surface area contributed by atoms with E-state index in [1.54, 1.807) is 0 Å². The summed E-state index contributed by atoms with van der Waals surface area (Å²) >= 11 is 0. The molecule has 5 nitrogen and oxygen atoms in total. The van der Waals surface area contributed by atoms with Crippen molar-refractivity contribution in [1.29, 1.82) is 0 Å². The second kappa shape index (κ2) is 11.1. The van der Waals surface area contributed by atoms with Crippen LogP contribution in [0.15, 0.2) is 47.0 Å². The van der Waals surface area contributed by atoms with Crippen LogP contribution in [0.4, 0.5) is 0 Å². The van der Waals surface area contributed by atoms with Crippen LogP contribution in [0, 0.1) is 5.92 Å².